The number of aliphatic hydroxyl groups is 1. The molecule has 0 amide bonds. The Kier molecular flexibility index (Phi) is 32.7. The summed E-state index contributed by atoms with van der Waals surface area (Å²) in [6.45, 7) is 1.82. The van der Waals surface area contributed by atoms with Crippen molar-refractivity contribution in [2.75, 3.05) is 42.1 Å². The molecule has 4 heterocycles. The maximum atomic E-state index is 12.4. The first-order valence-corrected chi connectivity index (χ1v) is 28.7. The number of esters is 3. The van der Waals surface area contributed by atoms with Crippen LogP contribution in [0, 0.1) is 0 Å². The number of halogens is 5. The van der Waals surface area contributed by atoms with E-state index in [0.29, 0.717) is 33.2 Å². The summed E-state index contributed by atoms with van der Waals surface area (Å²) in [7, 11) is 6.61. The van der Waals surface area contributed by atoms with E-state index in [0.717, 1.165) is 54.7 Å². The number of H-pyrrole nitrogens is 2. The minimum Gasteiger partial charge on any atom is -0.501 e. The lowest BCUT2D eigenvalue weighted by Crippen LogP contribution is -2.29. The molecule has 95 heavy (non-hydrogen) atoms. The fourth-order valence-electron chi connectivity index (χ4n) is 7.48. The second-order valence-corrected chi connectivity index (χ2v) is 20.1. The Morgan fingerprint density at radius 3 is 1.55 bits per heavy atom. The average Bonchev–Trinajstić information content (AvgIpc) is 0.802. The molecule has 4 aromatic heterocycles. The highest BCUT2D eigenvalue weighted by molar-refractivity contribution is 6.42. The third kappa shape index (κ3) is 24.1. The number of methoxy groups -OCH3 is 5. The van der Waals surface area contributed by atoms with Gasteiger partial charge in [0.2, 0.25) is 17.2 Å². The molecule has 0 unspecified atom stereocenters. The minimum absolute atomic E-state index is 0. The number of nitrogens with one attached hydrogen (secondary N) is 3. The molecule has 0 radical (unpaired) electrons. The zero-order valence-corrected chi connectivity index (χ0v) is 54.7. The molecule has 502 valence electrons. The number of carbonyl (C=O) groups excluding carboxylic acids is 3. The summed E-state index contributed by atoms with van der Waals surface area (Å²) in [6, 6.07) is 37.9. The highest BCUT2D eigenvalue weighted by Crippen LogP contribution is 2.24. The molecule has 5 aromatic carbocycles. The summed E-state index contributed by atoms with van der Waals surface area (Å²) < 4.78 is 41.7. The van der Waals surface area contributed by atoms with Crippen LogP contribution >= 0.6 is 58.8 Å². The predicted octanol–water partition coefficient (Wildman–Crippen LogP) is 8.54. The van der Waals surface area contributed by atoms with Gasteiger partial charge in [0.15, 0.2) is 23.2 Å². The molecule has 0 aliphatic carbocycles. The van der Waals surface area contributed by atoms with Crippen LogP contribution in [0.2, 0.25) is 20.1 Å². The van der Waals surface area contributed by atoms with Gasteiger partial charge in [0.1, 0.15) is 26.1 Å². The Morgan fingerprint density at radius 1 is 0.579 bits per heavy atom. The van der Waals surface area contributed by atoms with Gasteiger partial charge in [-0.2, -0.15) is 4.98 Å². The van der Waals surface area contributed by atoms with E-state index in [1.807, 2.05) is 78.9 Å². The van der Waals surface area contributed by atoms with Crippen molar-refractivity contribution in [3.05, 3.63) is 271 Å². The van der Waals surface area contributed by atoms with Crippen LogP contribution in [-0.2, 0) is 70.9 Å². The van der Waals surface area contributed by atoms with Crippen molar-refractivity contribution in [3.63, 3.8) is 0 Å². The summed E-state index contributed by atoms with van der Waals surface area (Å²) in [4.78, 5) is 107. The van der Waals surface area contributed by atoms with Gasteiger partial charge in [0, 0.05) is 39.7 Å². The van der Waals surface area contributed by atoms with Crippen LogP contribution in [0.5, 0.6) is 17.2 Å². The summed E-state index contributed by atoms with van der Waals surface area (Å²) in [5.41, 5.74) is 1.16. The van der Waals surface area contributed by atoms with Crippen molar-refractivity contribution in [1.29, 1.82) is 0 Å². The maximum absolute atomic E-state index is 12.4. The Morgan fingerprint density at radius 2 is 1.06 bits per heavy atom. The number of carboxylic acid groups (broad SMARTS) is 1. The molecule has 0 fully saturated rings. The number of ether oxygens (including phenoxy) is 8. The molecule has 0 atom stereocenters. The predicted molar refractivity (Wildman–Crippen MR) is 351 cm³/mol. The smallest absolute Gasteiger partial charge is 0.377 e. The molecule has 9 aromatic rings. The first-order valence-electron chi connectivity index (χ1n) is 27.1. The number of rotatable bonds is 21. The molecule has 27 nitrogen and oxygen atoms in total. The van der Waals surface area contributed by atoms with Gasteiger partial charge in [0.25, 0.3) is 28.2 Å². The average molecular weight is 1410 g/mol. The van der Waals surface area contributed by atoms with Crippen molar-refractivity contribution in [2.24, 2.45) is 0 Å². The van der Waals surface area contributed by atoms with Gasteiger partial charge in [-0.25, -0.2) is 29.1 Å². The van der Waals surface area contributed by atoms with E-state index in [-0.39, 0.29) is 67.8 Å². The van der Waals surface area contributed by atoms with E-state index < -0.39 is 69.1 Å². The van der Waals surface area contributed by atoms with Gasteiger partial charge in [-0.3, -0.25) is 23.6 Å². The number of hydrogen-bond donors (Lipinski definition) is 6. The molecular weight excluding hydrogens is 1350 g/mol. The number of nitrogens with zero attached hydrogens (tertiary/aromatic N) is 5. The Balaban J connectivity index is 0.000000253. The van der Waals surface area contributed by atoms with Crippen LogP contribution in [0.1, 0.15) is 48.8 Å². The van der Waals surface area contributed by atoms with E-state index in [2.05, 4.69) is 44.4 Å². The zero-order valence-electron chi connectivity index (χ0n) is 50.9. The fraction of sp³-hybridized carbons (Fsp3) is 0.190. The van der Waals surface area contributed by atoms with Gasteiger partial charge >= 0.3 is 29.4 Å². The number of carbonyl (C=O) groups is 4. The molecule has 32 heteroatoms. The third-order valence-corrected chi connectivity index (χ3v) is 13.7. The lowest BCUT2D eigenvalue weighted by molar-refractivity contribution is -0.145. The van der Waals surface area contributed by atoms with Crippen molar-refractivity contribution < 1.29 is 72.4 Å². The number of aliphatic hydroxyl groups excluding tert-OH is 1. The highest BCUT2D eigenvalue weighted by Gasteiger charge is 2.25. The molecule has 0 bridgehead atoms. The van der Waals surface area contributed by atoms with Gasteiger partial charge in [0.05, 0.1) is 60.6 Å². The highest BCUT2D eigenvalue weighted by atomic mass is 35.5. The topological polar surface area (TPSA) is 363 Å². The number of aromatic nitrogens is 7. The lowest BCUT2D eigenvalue weighted by Gasteiger charge is -2.14. The van der Waals surface area contributed by atoms with E-state index in [1.165, 1.54) is 34.8 Å². The van der Waals surface area contributed by atoms with Crippen molar-refractivity contribution >= 4 is 88.2 Å². The summed E-state index contributed by atoms with van der Waals surface area (Å²) in [5.74, 6) is -6.66. The second-order valence-electron chi connectivity index (χ2n) is 18.5. The number of aromatic carboxylic acids is 1. The van der Waals surface area contributed by atoms with Gasteiger partial charge in [-0.15, -0.1) is 12.4 Å². The number of carboxylic acids is 1. The SMILES string of the molecule is COC(=O)/C(O)=C(/OCc1ccccc1)C(=O)OC.COC(=O)c1nc[nH]c(=O)c1OCc1ccccc1.COC(CNCc1ccc(Cl)c(Cl)c1)OC.Cl.O=C(O)c1nc[nH]c(=O)c1OCc1ccccc1.O=c1ncn2ccn(Cc3ccc(Cl)c(Cl)c3)c(=O)c2c1O. The van der Waals surface area contributed by atoms with E-state index in [1.54, 1.807) is 62.8 Å². The van der Waals surface area contributed by atoms with Gasteiger partial charge in [-0.05, 0) is 52.1 Å². The van der Waals surface area contributed by atoms with Crippen LogP contribution < -0.4 is 37.0 Å². The Bertz CT molecular complexity index is 4270. The van der Waals surface area contributed by atoms with Crippen molar-refractivity contribution in [1.82, 2.24) is 39.2 Å². The molecule has 0 spiro atoms. The number of benzene rings is 5. The zero-order chi connectivity index (χ0) is 68.7. The van der Waals surface area contributed by atoms with Crippen molar-refractivity contribution in [2.45, 2.75) is 39.2 Å². The first kappa shape index (κ1) is 77.3. The molecule has 0 aliphatic rings. The molecular formula is C63H61Cl5N8O19. The normalized spacial score (nSPS) is 10.5. The summed E-state index contributed by atoms with van der Waals surface area (Å²) in [5, 5.41) is 33.3. The molecule has 0 saturated carbocycles. The van der Waals surface area contributed by atoms with E-state index >= 15 is 0 Å². The van der Waals surface area contributed by atoms with Crippen LogP contribution in [0.4, 0.5) is 0 Å². The molecule has 0 aliphatic heterocycles. The number of hydrogen-bond acceptors (Lipinski definition) is 22. The van der Waals surface area contributed by atoms with Crippen molar-refractivity contribution in [3.8, 4) is 17.2 Å². The minimum atomic E-state index is -1.30. The fourth-order valence-corrected chi connectivity index (χ4v) is 8.12. The monoisotopic (exact) mass is 1410 g/mol. The van der Waals surface area contributed by atoms with Gasteiger partial charge < -0.3 is 73.1 Å². The third-order valence-electron chi connectivity index (χ3n) is 12.2. The summed E-state index contributed by atoms with van der Waals surface area (Å²) >= 11 is 23.5. The Labute approximate surface area is 566 Å². The van der Waals surface area contributed by atoms with Crippen LogP contribution in [0.25, 0.3) is 5.52 Å². The first-order chi connectivity index (χ1) is 45.1. The molecule has 0 saturated heterocycles. The largest absolute Gasteiger partial charge is 0.501 e. The van der Waals surface area contributed by atoms with Crippen LogP contribution in [0.15, 0.2) is 189 Å². The Hall–Kier alpha value is -10.1. The standard InChI is InChI=1S/C14H9Cl2N3O3.C13H12N2O4.C13H14O6.C12H10N2O4.C11H15Cl2NO2.ClH/c15-9-2-1-8(5-10(9)16)6-18-3-4-19-7-17-13(21)12(20)11(19)14(18)22;1-18-13(17)10-11(12(16)15-8-14-10)19-7-9-5-3-2-4-6-9;1-17-12(15)10(14)11(13(16)18-2)19-8-9-6-4-3-5-7-9;15-11-10(9(12(16)17)13-7-14-11)18-6-8-4-2-1-3-5-8;1-15-11(16-2)7-14-6-8-3-4-9(12)10(13)5-8;/h1-5,7,20H,6H2;2-6,8H,7H2,1H3,(H,14,15,16);3-7,14H,8H2,1-2H3;1-5,7H,6H2,(H,16,17)(H,13,14,15);3-5,11,14H,6-7H2,1-2H3;1H/b;;11-10-;;;. The van der Waals surface area contributed by atoms with Gasteiger partial charge in [-0.1, -0.05) is 150 Å². The maximum Gasteiger partial charge on any atom is 0.377 e. The van der Waals surface area contributed by atoms with E-state index in [9.17, 15) is 48.6 Å². The quantitative estimate of drug-likeness (QED) is 0.0129. The number of aromatic hydroxyl groups is 1. The molecule has 6 N–H and O–H groups in total. The van der Waals surface area contributed by atoms with E-state index in [4.69, 9.17) is 75.2 Å². The number of fused-ring (bicyclic) bond motifs is 1. The summed E-state index contributed by atoms with van der Waals surface area (Å²) in [6.07, 6.45) is 6.17. The van der Waals surface area contributed by atoms with Crippen LogP contribution in [-0.4, -0.2) is 121 Å². The molecule has 9 rings (SSSR count). The lowest BCUT2D eigenvalue weighted by atomic mass is 10.2. The second kappa shape index (κ2) is 40.1. The van der Waals surface area contributed by atoms with Crippen LogP contribution in [0.3, 0.4) is 0 Å². The number of aromatic amines is 2.